The minimum atomic E-state index is -3.45. The molecule has 0 saturated carbocycles. The number of piperazine rings is 1. The van der Waals surface area contributed by atoms with E-state index in [0.29, 0.717) is 39.4 Å². The van der Waals surface area contributed by atoms with Gasteiger partial charge in [-0.2, -0.15) is 4.31 Å². The van der Waals surface area contributed by atoms with Gasteiger partial charge >= 0.3 is 12.0 Å². The molecule has 2 rings (SSSR count). The average molecular weight is 349 g/mol. The van der Waals surface area contributed by atoms with Crippen molar-refractivity contribution in [1.82, 2.24) is 14.1 Å². The van der Waals surface area contributed by atoms with Crippen LogP contribution in [0.1, 0.15) is 12.8 Å². The van der Waals surface area contributed by atoms with E-state index in [-0.39, 0.29) is 37.7 Å². The zero-order chi connectivity index (χ0) is 16.9. The molecule has 0 aromatic rings. The molecule has 23 heavy (non-hydrogen) atoms. The molecule has 132 valence electrons. The van der Waals surface area contributed by atoms with Gasteiger partial charge in [0.05, 0.1) is 19.0 Å². The SMILES string of the molecule is O=C(O)CCCS(=O)(=O)N1CCN(C(=O)N2CCOCC2)CC1. The quantitative estimate of drug-likeness (QED) is 0.700. The lowest BCUT2D eigenvalue weighted by molar-refractivity contribution is -0.137. The zero-order valence-electron chi connectivity index (χ0n) is 13.0. The number of hydrogen-bond acceptors (Lipinski definition) is 5. The molecular weight excluding hydrogens is 326 g/mol. The van der Waals surface area contributed by atoms with Gasteiger partial charge < -0.3 is 19.6 Å². The van der Waals surface area contributed by atoms with Gasteiger partial charge in [0, 0.05) is 45.7 Å². The van der Waals surface area contributed by atoms with Crippen LogP contribution in [0.3, 0.4) is 0 Å². The Bertz CT molecular complexity index is 524. The second-order valence-corrected chi connectivity index (χ2v) is 7.67. The molecule has 0 radical (unpaired) electrons. The normalized spacial score (nSPS) is 20.5. The number of carboxylic acids is 1. The Hall–Kier alpha value is -1.39. The summed E-state index contributed by atoms with van der Waals surface area (Å²) in [5.41, 5.74) is 0. The third kappa shape index (κ3) is 5.05. The van der Waals surface area contributed by atoms with Crippen molar-refractivity contribution in [2.45, 2.75) is 12.8 Å². The van der Waals surface area contributed by atoms with Crippen LogP contribution in [-0.2, 0) is 19.6 Å². The average Bonchev–Trinajstić information content (AvgIpc) is 2.54. The fraction of sp³-hybridized carbons (Fsp3) is 0.846. The fourth-order valence-electron chi connectivity index (χ4n) is 2.65. The zero-order valence-corrected chi connectivity index (χ0v) is 13.8. The highest BCUT2D eigenvalue weighted by atomic mass is 32.2. The molecule has 2 aliphatic rings. The molecule has 0 atom stereocenters. The van der Waals surface area contributed by atoms with Crippen LogP contribution in [0.5, 0.6) is 0 Å². The molecule has 2 amide bonds. The van der Waals surface area contributed by atoms with Gasteiger partial charge in [-0.3, -0.25) is 4.79 Å². The molecule has 10 heteroatoms. The maximum Gasteiger partial charge on any atom is 0.320 e. The van der Waals surface area contributed by atoms with E-state index in [2.05, 4.69) is 0 Å². The molecule has 2 heterocycles. The molecule has 0 unspecified atom stereocenters. The van der Waals surface area contributed by atoms with Crippen LogP contribution in [0.2, 0.25) is 0 Å². The van der Waals surface area contributed by atoms with Crippen molar-refractivity contribution in [1.29, 1.82) is 0 Å². The van der Waals surface area contributed by atoms with Crippen molar-refractivity contribution in [2.75, 3.05) is 58.2 Å². The number of carboxylic acid groups (broad SMARTS) is 1. The fourth-order valence-corrected chi connectivity index (χ4v) is 4.13. The van der Waals surface area contributed by atoms with Gasteiger partial charge in [0.2, 0.25) is 10.0 Å². The van der Waals surface area contributed by atoms with Crippen molar-refractivity contribution in [3.05, 3.63) is 0 Å². The number of aliphatic carboxylic acids is 1. The number of hydrogen-bond donors (Lipinski definition) is 1. The smallest absolute Gasteiger partial charge is 0.320 e. The molecule has 0 aliphatic carbocycles. The summed E-state index contributed by atoms with van der Waals surface area (Å²) in [6, 6.07) is -0.0729. The minimum Gasteiger partial charge on any atom is -0.481 e. The Kier molecular flexibility index (Phi) is 6.19. The summed E-state index contributed by atoms with van der Waals surface area (Å²) in [7, 11) is -3.45. The Balaban J connectivity index is 1.80. The molecule has 9 nitrogen and oxygen atoms in total. The van der Waals surface area contributed by atoms with Gasteiger partial charge in [-0.05, 0) is 6.42 Å². The highest BCUT2D eigenvalue weighted by Crippen LogP contribution is 2.12. The van der Waals surface area contributed by atoms with Gasteiger partial charge in [0.15, 0.2) is 0 Å². The number of carbonyl (C=O) groups is 2. The summed E-state index contributed by atoms with van der Waals surface area (Å²) in [4.78, 5) is 26.2. The highest BCUT2D eigenvalue weighted by molar-refractivity contribution is 7.89. The lowest BCUT2D eigenvalue weighted by Crippen LogP contribution is -2.55. The number of rotatable bonds is 5. The largest absolute Gasteiger partial charge is 0.481 e. The number of morpholine rings is 1. The van der Waals surface area contributed by atoms with Crippen LogP contribution in [0, 0.1) is 0 Å². The molecule has 2 aliphatic heterocycles. The lowest BCUT2D eigenvalue weighted by Gasteiger charge is -2.38. The lowest BCUT2D eigenvalue weighted by atomic mass is 10.3. The number of nitrogens with zero attached hydrogens (tertiary/aromatic N) is 3. The number of amides is 2. The van der Waals surface area contributed by atoms with E-state index in [1.807, 2.05) is 0 Å². The predicted octanol–water partition coefficient (Wildman–Crippen LogP) is -0.749. The molecule has 0 spiro atoms. The first-order valence-corrected chi connectivity index (χ1v) is 9.32. The van der Waals surface area contributed by atoms with Crippen molar-refractivity contribution in [2.24, 2.45) is 0 Å². The highest BCUT2D eigenvalue weighted by Gasteiger charge is 2.30. The number of sulfonamides is 1. The van der Waals surface area contributed by atoms with Gasteiger partial charge in [0.1, 0.15) is 0 Å². The molecular formula is C13H23N3O6S. The third-order valence-corrected chi connectivity index (χ3v) is 5.93. The Morgan fingerprint density at radius 1 is 0.957 bits per heavy atom. The maximum atomic E-state index is 12.3. The Morgan fingerprint density at radius 2 is 1.52 bits per heavy atom. The summed E-state index contributed by atoms with van der Waals surface area (Å²) in [6.07, 6.45) is -0.0562. The summed E-state index contributed by atoms with van der Waals surface area (Å²) in [6.45, 7) is 3.41. The summed E-state index contributed by atoms with van der Waals surface area (Å²) >= 11 is 0. The van der Waals surface area contributed by atoms with Gasteiger partial charge in [-0.25, -0.2) is 13.2 Å². The van der Waals surface area contributed by atoms with E-state index >= 15 is 0 Å². The summed E-state index contributed by atoms with van der Waals surface area (Å²) in [5.74, 6) is -1.17. The number of carbonyl (C=O) groups excluding carboxylic acids is 1. The molecule has 2 fully saturated rings. The molecule has 0 bridgehead atoms. The second kappa shape index (κ2) is 7.93. The molecule has 0 aromatic carbocycles. The molecule has 2 saturated heterocycles. The van der Waals surface area contributed by atoms with Crippen LogP contribution in [-0.4, -0.2) is 97.9 Å². The van der Waals surface area contributed by atoms with Crippen LogP contribution >= 0.6 is 0 Å². The van der Waals surface area contributed by atoms with Crippen molar-refractivity contribution >= 4 is 22.0 Å². The van der Waals surface area contributed by atoms with Gasteiger partial charge in [0.25, 0.3) is 0 Å². The first-order valence-electron chi connectivity index (χ1n) is 7.71. The predicted molar refractivity (Wildman–Crippen MR) is 81.6 cm³/mol. The topological polar surface area (TPSA) is 107 Å². The van der Waals surface area contributed by atoms with E-state index in [1.54, 1.807) is 9.80 Å². The molecule has 0 aromatic heterocycles. The number of urea groups is 1. The monoisotopic (exact) mass is 349 g/mol. The van der Waals surface area contributed by atoms with Gasteiger partial charge in [-0.15, -0.1) is 0 Å². The van der Waals surface area contributed by atoms with Crippen LogP contribution in [0.15, 0.2) is 0 Å². The van der Waals surface area contributed by atoms with Crippen molar-refractivity contribution < 1.29 is 27.9 Å². The summed E-state index contributed by atoms with van der Waals surface area (Å²) in [5, 5.41) is 8.57. The number of ether oxygens (including phenoxy) is 1. The van der Waals surface area contributed by atoms with Gasteiger partial charge in [-0.1, -0.05) is 0 Å². The van der Waals surface area contributed by atoms with Crippen LogP contribution < -0.4 is 0 Å². The maximum absolute atomic E-state index is 12.3. The van der Waals surface area contributed by atoms with E-state index in [1.165, 1.54) is 4.31 Å². The standard InChI is InChI=1S/C13H23N3O6S/c17-12(18)2-1-11-23(20,21)16-5-3-14(4-6-16)13(19)15-7-9-22-10-8-15/h1-11H2,(H,17,18). The van der Waals surface area contributed by atoms with E-state index in [9.17, 15) is 18.0 Å². The minimum absolute atomic E-state index is 0.0729. The van der Waals surface area contributed by atoms with Crippen molar-refractivity contribution in [3.8, 4) is 0 Å². The third-order valence-electron chi connectivity index (χ3n) is 3.98. The van der Waals surface area contributed by atoms with E-state index < -0.39 is 16.0 Å². The molecule has 1 N–H and O–H groups in total. The van der Waals surface area contributed by atoms with Crippen LogP contribution in [0.25, 0.3) is 0 Å². The Morgan fingerprint density at radius 3 is 2.09 bits per heavy atom. The van der Waals surface area contributed by atoms with E-state index in [4.69, 9.17) is 9.84 Å². The van der Waals surface area contributed by atoms with Crippen LogP contribution in [0.4, 0.5) is 4.79 Å². The van der Waals surface area contributed by atoms with Crippen molar-refractivity contribution in [3.63, 3.8) is 0 Å². The second-order valence-electron chi connectivity index (χ2n) is 5.58. The summed E-state index contributed by atoms with van der Waals surface area (Å²) < 4.78 is 30.9. The Labute approximate surface area is 135 Å². The van der Waals surface area contributed by atoms with E-state index in [0.717, 1.165) is 0 Å². The first kappa shape index (κ1) is 18.0. The first-order chi connectivity index (χ1) is 10.9.